The first-order valence-corrected chi connectivity index (χ1v) is 7.72. The molecule has 0 amide bonds. The first kappa shape index (κ1) is 17.2. The summed E-state index contributed by atoms with van der Waals surface area (Å²) < 4.78 is 17.9. The molecule has 1 N–H and O–H groups in total. The molecule has 1 aromatic carbocycles. The van der Waals surface area contributed by atoms with Gasteiger partial charge in [0.1, 0.15) is 6.10 Å². The van der Waals surface area contributed by atoms with Gasteiger partial charge in [0.05, 0.1) is 25.4 Å². The van der Waals surface area contributed by atoms with Crippen LogP contribution in [0.1, 0.15) is 32.4 Å². The highest BCUT2D eigenvalue weighted by atomic mass is 16.8. The lowest BCUT2D eigenvalue weighted by molar-refractivity contribution is -0.156. The number of aliphatic hydroxyl groups is 1. The molecule has 0 aliphatic carbocycles. The molecule has 0 saturated carbocycles. The van der Waals surface area contributed by atoms with E-state index in [9.17, 15) is 5.11 Å². The lowest BCUT2D eigenvalue weighted by Crippen LogP contribution is -2.37. The molecular weight excluding hydrogens is 280 g/mol. The van der Waals surface area contributed by atoms with Gasteiger partial charge in [0.15, 0.2) is 5.79 Å². The van der Waals surface area contributed by atoms with Crippen molar-refractivity contribution in [2.24, 2.45) is 5.92 Å². The SMILES string of the molecule is C=CCO[C@@H](CO)[C@H](C)[C@H]1OC(C)(C)O[C@@H]1c1ccccc1. The summed E-state index contributed by atoms with van der Waals surface area (Å²) in [5.74, 6) is -0.672. The summed E-state index contributed by atoms with van der Waals surface area (Å²) in [5, 5.41) is 9.61. The van der Waals surface area contributed by atoms with E-state index in [0.29, 0.717) is 6.61 Å². The quantitative estimate of drug-likeness (QED) is 0.787. The topological polar surface area (TPSA) is 47.9 Å². The smallest absolute Gasteiger partial charge is 0.164 e. The Morgan fingerprint density at radius 3 is 2.59 bits per heavy atom. The third-order valence-corrected chi connectivity index (χ3v) is 3.97. The van der Waals surface area contributed by atoms with Crippen LogP contribution in [0.4, 0.5) is 0 Å². The average Bonchev–Trinajstić information content (AvgIpc) is 2.84. The molecule has 122 valence electrons. The summed E-state index contributed by atoms with van der Waals surface area (Å²) in [4.78, 5) is 0. The van der Waals surface area contributed by atoms with Gasteiger partial charge in [0, 0.05) is 5.92 Å². The van der Waals surface area contributed by atoms with Crippen molar-refractivity contribution in [3.8, 4) is 0 Å². The van der Waals surface area contributed by atoms with E-state index < -0.39 is 5.79 Å². The fraction of sp³-hybridized carbons (Fsp3) is 0.556. The molecule has 0 bridgehead atoms. The largest absolute Gasteiger partial charge is 0.394 e. The van der Waals surface area contributed by atoms with Gasteiger partial charge in [-0.25, -0.2) is 0 Å². The van der Waals surface area contributed by atoms with E-state index in [0.717, 1.165) is 5.56 Å². The number of ether oxygens (including phenoxy) is 3. The molecule has 4 atom stereocenters. The van der Waals surface area contributed by atoms with Gasteiger partial charge in [-0.05, 0) is 19.4 Å². The summed E-state index contributed by atoms with van der Waals surface area (Å²) in [7, 11) is 0. The zero-order chi connectivity index (χ0) is 16.2. The van der Waals surface area contributed by atoms with Crippen molar-refractivity contribution >= 4 is 0 Å². The Morgan fingerprint density at radius 2 is 2.00 bits per heavy atom. The first-order chi connectivity index (χ1) is 10.5. The maximum atomic E-state index is 9.61. The Hall–Kier alpha value is -1.20. The maximum Gasteiger partial charge on any atom is 0.164 e. The number of hydrogen-bond donors (Lipinski definition) is 1. The van der Waals surface area contributed by atoms with Crippen LogP contribution < -0.4 is 0 Å². The summed E-state index contributed by atoms with van der Waals surface area (Å²) in [6, 6.07) is 10.0. The maximum absolute atomic E-state index is 9.61. The Bertz CT molecular complexity index is 471. The van der Waals surface area contributed by atoms with Crippen LogP contribution >= 0.6 is 0 Å². The average molecular weight is 306 g/mol. The summed E-state index contributed by atoms with van der Waals surface area (Å²) in [6.07, 6.45) is 1.01. The van der Waals surface area contributed by atoms with E-state index >= 15 is 0 Å². The third-order valence-electron chi connectivity index (χ3n) is 3.97. The van der Waals surface area contributed by atoms with Gasteiger partial charge >= 0.3 is 0 Å². The Kier molecular flexibility index (Phi) is 5.75. The van der Waals surface area contributed by atoms with Crippen LogP contribution in [0.2, 0.25) is 0 Å². The van der Waals surface area contributed by atoms with Gasteiger partial charge in [-0.2, -0.15) is 0 Å². The summed E-state index contributed by atoms with van der Waals surface area (Å²) in [5.41, 5.74) is 1.07. The number of hydrogen-bond acceptors (Lipinski definition) is 4. The lowest BCUT2D eigenvalue weighted by atomic mass is 9.91. The molecule has 4 nitrogen and oxygen atoms in total. The molecule has 0 radical (unpaired) electrons. The van der Waals surface area contributed by atoms with E-state index in [1.165, 1.54) is 0 Å². The molecule has 1 aromatic rings. The molecule has 1 heterocycles. The standard InChI is InChI=1S/C18H26O4/c1-5-11-20-15(12-19)13(2)16-17(22-18(3,4)21-16)14-9-7-6-8-10-14/h5-10,13,15-17,19H,1,11-12H2,2-4H3/t13-,15-,16+,17+/m0/s1. The number of aliphatic hydroxyl groups excluding tert-OH is 1. The van der Waals surface area contributed by atoms with Crippen LogP contribution in [0, 0.1) is 5.92 Å². The highest BCUT2D eigenvalue weighted by Gasteiger charge is 2.46. The normalized spacial score (nSPS) is 26.5. The predicted molar refractivity (Wildman–Crippen MR) is 85.4 cm³/mol. The van der Waals surface area contributed by atoms with Crippen molar-refractivity contribution in [3.63, 3.8) is 0 Å². The zero-order valence-electron chi connectivity index (χ0n) is 13.6. The molecular formula is C18H26O4. The molecule has 0 aromatic heterocycles. The highest BCUT2D eigenvalue weighted by Crippen LogP contribution is 2.42. The van der Waals surface area contributed by atoms with Crippen molar-refractivity contribution < 1.29 is 19.3 Å². The van der Waals surface area contributed by atoms with Gasteiger partial charge in [-0.15, -0.1) is 6.58 Å². The van der Waals surface area contributed by atoms with Crippen molar-refractivity contribution in [3.05, 3.63) is 48.6 Å². The zero-order valence-corrected chi connectivity index (χ0v) is 13.6. The molecule has 22 heavy (non-hydrogen) atoms. The van der Waals surface area contributed by atoms with Gasteiger partial charge in [0.25, 0.3) is 0 Å². The minimum absolute atomic E-state index is 0.0167. The predicted octanol–water partition coefficient (Wildman–Crippen LogP) is 3.08. The minimum atomic E-state index is -0.655. The van der Waals surface area contributed by atoms with E-state index in [2.05, 4.69) is 6.58 Å². The van der Waals surface area contributed by atoms with Crippen molar-refractivity contribution in [1.29, 1.82) is 0 Å². The molecule has 0 spiro atoms. The molecule has 0 unspecified atom stereocenters. The van der Waals surface area contributed by atoms with Crippen molar-refractivity contribution in [2.75, 3.05) is 13.2 Å². The van der Waals surface area contributed by atoms with Crippen LogP contribution in [0.25, 0.3) is 0 Å². The second kappa shape index (κ2) is 7.38. The molecule has 1 aliphatic rings. The van der Waals surface area contributed by atoms with E-state index in [1.807, 2.05) is 51.1 Å². The van der Waals surface area contributed by atoms with Gasteiger partial charge < -0.3 is 19.3 Å². The van der Waals surface area contributed by atoms with Crippen molar-refractivity contribution in [1.82, 2.24) is 0 Å². The molecule has 4 heteroatoms. The Balaban J connectivity index is 2.19. The first-order valence-electron chi connectivity index (χ1n) is 7.72. The van der Waals surface area contributed by atoms with Gasteiger partial charge in [-0.3, -0.25) is 0 Å². The summed E-state index contributed by atoms with van der Waals surface area (Å²) in [6.45, 7) is 9.84. The number of benzene rings is 1. The molecule has 1 aliphatic heterocycles. The van der Waals surface area contributed by atoms with Crippen LogP contribution in [-0.2, 0) is 14.2 Å². The summed E-state index contributed by atoms with van der Waals surface area (Å²) >= 11 is 0. The van der Waals surface area contributed by atoms with Gasteiger partial charge in [-0.1, -0.05) is 43.3 Å². The van der Waals surface area contributed by atoms with E-state index in [1.54, 1.807) is 6.08 Å². The monoisotopic (exact) mass is 306 g/mol. The van der Waals surface area contributed by atoms with Crippen LogP contribution in [0.3, 0.4) is 0 Å². The van der Waals surface area contributed by atoms with Gasteiger partial charge in [0.2, 0.25) is 0 Å². The lowest BCUT2D eigenvalue weighted by Gasteiger charge is -2.29. The fourth-order valence-corrected chi connectivity index (χ4v) is 2.85. The third kappa shape index (κ3) is 3.96. The second-order valence-corrected chi connectivity index (χ2v) is 6.13. The fourth-order valence-electron chi connectivity index (χ4n) is 2.85. The number of rotatable bonds is 7. The molecule has 2 rings (SSSR count). The van der Waals surface area contributed by atoms with Crippen molar-refractivity contribution in [2.45, 2.75) is 44.9 Å². The molecule has 1 saturated heterocycles. The van der Waals surface area contributed by atoms with E-state index in [-0.39, 0.29) is 30.8 Å². The van der Waals surface area contributed by atoms with Crippen LogP contribution in [-0.4, -0.2) is 36.3 Å². The van der Waals surface area contributed by atoms with Crippen LogP contribution in [0.5, 0.6) is 0 Å². The Morgan fingerprint density at radius 1 is 1.32 bits per heavy atom. The van der Waals surface area contributed by atoms with E-state index in [4.69, 9.17) is 14.2 Å². The minimum Gasteiger partial charge on any atom is -0.394 e. The Labute approximate surface area is 132 Å². The highest BCUT2D eigenvalue weighted by molar-refractivity contribution is 5.20. The van der Waals surface area contributed by atoms with Crippen LogP contribution in [0.15, 0.2) is 43.0 Å². The molecule has 1 fully saturated rings. The second-order valence-electron chi connectivity index (χ2n) is 6.13.